The number of anilines is 1. The first-order chi connectivity index (χ1) is 12.6. The van der Waals surface area contributed by atoms with Crippen LogP contribution in [0.15, 0.2) is 42.5 Å². The van der Waals surface area contributed by atoms with Gasteiger partial charge in [0.2, 0.25) is 5.91 Å². The number of ether oxygens (including phenoxy) is 2. The minimum Gasteiger partial charge on any atom is -0.489 e. The molecule has 0 aromatic heterocycles. The minimum atomic E-state index is -0.418. The molecule has 1 N–H and O–H groups in total. The second kappa shape index (κ2) is 10.6. The molecular formula is C21H26FNO3. The molecule has 2 aromatic carbocycles. The van der Waals surface area contributed by atoms with Gasteiger partial charge in [0.15, 0.2) is 0 Å². The van der Waals surface area contributed by atoms with Crippen molar-refractivity contribution in [2.75, 3.05) is 25.6 Å². The van der Waals surface area contributed by atoms with E-state index in [0.29, 0.717) is 31.1 Å². The molecule has 4 nitrogen and oxygen atoms in total. The Labute approximate surface area is 154 Å². The smallest absolute Gasteiger partial charge is 0.224 e. The van der Waals surface area contributed by atoms with Gasteiger partial charge in [0.25, 0.3) is 0 Å². The zero-order valence-corrected chi connectivity index (χ0v) is 15.4. The summed E-state index contributed by atoms with van der Waals surface area (Å²) < 4.78 is 23.9. The van der Waals surface area contributed by atoms with Crippen LogP contribution in [0, 0.1) is 12.7 Å². The van der Waals surface area contributed by atoms with Gasteiger partial charge >= 0.3 is 0 Å². The maximum absolute atomic E-state index is 13.5. The zero-order chi connectivity index (χ0) is 18.8. The van der Waals surface area contributed by atoms with Gasteiger partial charge in [-0.3, -0.25) is 4.79 Å². The van der Waals surface area contributed by atoms with Gasteiger partial charge in [-0.1, -0.05) is 29.8 Å². The van der Waals surface area contributed by atoms with E-state index in [1.165, 1.54) is 29.3 Å². The number of amides is 1. The highest BCUT2D eigenvalue weighted by atomic mass is 19.1. The number of hydrogen-bond donors (Lipinski definition) is 1. The lowest BCUT2D eigenvalue weighted by Gasteiger charge is -2.12. The minimum absolute atomic E-state index is 0.143. The van der Waals surface area contributed by atoms with Gasteiger partial charge in [-0.2, -0.15) is 0 Å². The van der Waals surface area contributed by atoms with Crippen molar-refractivity contribution in [3.63, 3.8) is 0 Å². The van der Waals surface area contributed by atoms with Crippen LogP contribution in [-0.4, -0.2) is 26.2 Å². The van der Waals surface area contributed by atoms with E-state index in [1.807, 2.05) is 0 Å². The molecule has 0 aliphatic rings. The van der Waals surface area contributed by atoms with Crippen LogP contribution in [-0.2, 0) is 16.0 Å². The summed E-state index contributed by atoms with van der Waals surface area (Å²) in [6.45, 7) is 2.82. The van der Waals surface area contributed by atoms with E-state index in [4.69, 9.17) is 9.47 Å². The largest absolute Gasteiger partial charge is 0.489 e. The first-order valence-electron chi connectivity index (χ1n) is 8.85. The Morgan fingerprint density at radius 2 is 1.85 bits per heavy atom. The molecule has 0 bridgehead atoms. The number of rotatable bonds is 10. The highest BCUT2D eigenvalue weighted by molar-refractivity contribution is 5.92. The van der Waals surface area contributed by atoms with Crippen LogP contribution in [0.2, 0.25) is 0 Å². The second-order valence-corrected chi connectivity index (χ2v) is 6.22. The predicted octanol–water partition coefficient (Wildman–Crippen LogP) is 4.51. The summed E-state index contributed by atoms with van der Waals surface area (Å²) in [5, 5.41) is 2.74. The Hall–Kier alpha value is -2.40. The third kappa shape index (κ3) is 6.84. The fourth-order valence-corrected chi connectivity index (χ4v) is 2.54. The van der Waals surface area contributed by atoms with E-state index < -0.39 is 5.82 Å². The lowest BCUT2D eigenvalue weighted by Crippen LogP contribution is -2.13. The van der Waals surface area contributed by atoms with Gasteiger partial charge < -0.3 is 14.8 Å². The molecule has 5 heteroatoms. The summed E-state index contributed by atoms with van der Waals surface area (Å²) in [6.07, 6.45) is 3.03. The molecule has 0 radical (unpaired) electrons. The molecular weight excluding hydrogens is 333 g/mol. The highest BCUT2D eigenvalue weighted by Crippen LogP contribution is 2.25. The highest BCUT2D eigenvalue weighted by Gasteiger charge is 2.09. The topological polar surface area (TPSA) is 47.6 Å². The number of aryl methyl sites for hydroxylation is 2. The van der Waals surface area contributed by atoms with E-state index in [0.717, 1.165) is 19.3 Å². The van der Waals surface area contributed by atoms with Crippen LogP contribution in [0.3, 0.4) is 0 Å². The molecule has 140 valence electrons. The van der Waals surface area contributed by atoms with Crippen LogP contribution in [0.1, 0.15) is 30.4 Å². The summed E-state index contributed by atoms with van der Waals surface area (Å²) in [5.41, 5.74) is 2.87. The molecule has 26 heavy (non-hydrogen) atoms. The molecule has 2 aromatic rings. The molecule has 0 fully saturated rings. The molecule has 2 rings (SSSR count). The SMILES string of the molecule is COCCOc1ccc(F)cc1NC(=O)CCCCc1ccc(C)cc1. The summed E-state index contributed by atoms with van der Waals surface area (Å²) >= 11 is 0. The number of nitrogens with one attached hydrogen (secondary N) is 1. The molecule has 0 spiro atoms. The van der Waals surface area contributed by atoms with Crippen molar-refractivity contribution in [3.05, 3.63) is 59.4 Å². The molecule has 0 aliphatic carbocycles. The van der Waals surface area contributed by atoms with E-state index in [9.17, 15) is 9.18 Å². The number of carbonyl (C=O) groups is 1. The summed E-state index contributed by atoms with van der Waals surface area (Å²) in [5.74, 6) is -0.119. The number of hydrogen-bond acceptors (Lipinski definition) is 3. The van der Waals surface area contributed by atoms with Gasteiger partial charge in [0, 0.05) is 19.6 Å². The Bertz CT molecular complexity index is 701. The van der Waals surface area contributed by atoms with Gasteiger partial charge in [0.1, 0.15) is 18.2 Å². The van der Waals surface area contributed by atoms with Crippen LogP contribution in [0.4, 0.5) is 10.1 Å². The van der Waals surface area contributed by atoms with E-state index in [2.05, 4.69) is 36.5 Å². The van der Waals surface area contributed by atoms with Crippen LogP contribution in [0.5, 0.6) is 5.75 Å². The molecule has 0 saturated carbocycles. The maximum Gasteiger partial charge on any atom is 0.224 e. The standard InChI is InChI=1S/C21H26FNO3/c1-16-7-9-17(10-8-16)5-3-4-6-21(24)23-19-15-18(22)11-12-20(19)26-14-13-25-2/h7-12,15H,3-6,13-14H2,1-2H3,(H,23,24). The van der Waals surface area contributed by atoms with Crippen molar-refractivity contribution >= 4 is 11.6 Å². The first-order valence-corrected chi connectivity index (χ1v) is 8.85. The lowest BCUT2D eigenvalue weighted by atomic mass is 10.1. The van der Waals surface area contributed by atoms with Gasteiger partial charge in [0.05, 0.1) is 12.3 Å². The molecule has 0 heterocycles. The molecule has 0 aliphatic heterocycles. The van der Waals surface area contributed by atoms with Crippen molar-refractivity contribution in [3.8, 4) is 5.75 Å². The van der Waals surface area contributed by atoms with Crippen molar-refractivity contribution in [2.24, 2.45) is 0 Å². The third-order valence-corrected chi connectivity index (χ3v) is 4.00. The van der Waals surface area contributed by atoms with E-state index in [1.54, 1.807) is 7.11 Å². The van der Waals surface area contributed by atoms with Gasteiger partial charge in [-0.15, -0.1) is 0 Å². The number of benzene rings is 2. The Morgan fingerprint density at radius 3 is 2.58 bits per heavy atom. The molecule has 0 unspecified atom stereocenters. The van der Waals surface area contributed by atoms with Crippen LogP contribution in [0.25, 0.3) is 0 Å². The molecule has 0 atom stereocenters. The number of unbranched alkanes of at least 4 members (excludes halogenated alkanes) is 1. The van der Waals surface area contributed by atoms with E-state index >= 15 is 0 Å². The van der Waals surface area contributed by atoms with Gasteiger partial charge in [-0.25, -0.2) is 4.39 Å². The van der Waals surface area contributed by atoms with Crippen LogP contribution >= 0.6 is 0 Å². The summed E-state index contributed by atoms with van der Waals surface area (Å²) in [7, 11) is 1.58. The average Bonchev–Trinajstić information content (AvgIpc) is 2.62. The van der Waals surface area contributed by atoms with Crippen molar-refractivity contribution in [2.45, 2.75) is 32.6 Å². The summed E-state index contributed by atoms with van der Waals surface area (Å²) in [6, 6.07) is 12.5. The third-order valence-electron chi connectivity index (χ3n) is 4.00. The van der Waals surface area contributed by atoms with Crippen molar-refractivity contribution in [1.82, 2.24) is 0 Å². The second-order valence-electron chi connectivity index (χ2n) is 6.22. The molecule has 1 amide bonds. The zero-order valence-electron chi connectivity index (χ0n) is 15.4. The predicted molar refractivity (Wildman–Crippen MR) is 101 cm³/mol. The normalized spacial score (nSPS) is 10.6. The fourth-order valence-electron chi connectivity index (χ4n) is 2.54. The van der Waals surface area contributed by atoms with Gasteiger partial charge in [-0.05, 0) is 43.9 Å². The van der Waals surface area contributed by atoms with E-state index in [-0.39, 0.29) is 5.91 Å². The Kier molecular flexibility index (Phi) is 8.09. The van der Waals surface area contributed by atoms with Crippen molar-refractivity contribution < 1.29 is 18.7 Å². The van der Waals surface area contributed by atoms with Crippen LogP contribution < -0.4 is 10.1 Å². The quantitative estimate of drug-likeness (QED) is 0.635. The average molecular weight is 359 g/mol. The first kappa shape index (κ1) is 19.9. The fraction of sp³-hybridized carbons (Fsp3) is 0.381. The number of halogens is 1. The number of methoxy groups -OCH3 is 1. The lowest BCUT2D eigenvalue weighted by molar-refractivity contribution is -0.116. The molecule has 0 saturated heterocycles. The van der Waals surface area contributed by atoms with Crippen molar-refractivity contribution in [1.29, 1.82) is 0 Å². The maximum atomic E-state index is 13.5. The Balaban J connectivity index is 1.79. The summed E-state index contributed by atoms with van der Waals surface area (Å²) in [4.78, 5) is 12.1. The monoisotopic (exact) mass is 359 g/mol. The number of carbonyl (C=O) groups excluding carboxylic acids is 1. The Morgan fingerprint density at radius 1 is 1.08 bits per heavy atom.